The Labute approximate surface area is 75.7 Å². The largest absolute Gasteiger partial charge is 0.328 e. The molecule has 2 rings (SSSR count). The van der Waals surface area contributed by atoms with Crippen LogP contribution in [0.25, 0.3) is 0 Å². The van der Waals surface area contributed by atoms with E-state index in [1.54, 1.807) is 0 Å². The fraction of sp³-hybridized carbons (Fsp3) is 1.00. The van der Waals surface area contributed by atoms with Crippen LogP contribution in [0.3, 0.4) is 0 Å². The van der Waals surface area contributed by atoms with Gasteiger partial charge in [0.2, 0.25) is 0 Å². The second-order valence-corrected chi connectivity index (χ2v) is 5.16. The van der Waals surface area contributed by atoms with Crippen molar-refractivity contribution in [3.63, 3.8) is 0 Å². The molecule has 0 aromatic heterocycles. The highest BCUT2D eigenvalue weighted by molar-refractivity contribution is 5.06. The molecule has 2 fully saturated rings. The first-order valence-corrected chi connectivity index (χ1v) is 5.40. The fourth-order valence-corrected chi connectivity index (χ4v) is 3.26. The van der Waals surface area contributed by atoms with Crippen LogP contribution in [-0.2, 0) is 0 Å². The molecule has 0 saturated heterocycles. The molecule has 3 atom stereocenters. The molecule has 2 N–H and O–H groups in total. The summed E-state index contributed by atoms with van der Waals surface area (Å²) in [5, 5.41) is 0. The van der Waals surface area contributed by atoms with E-state index in [9.17, 15) is 0 Å². The van der Waals surface area contributed by atoms with Crippen molar-refractivity contribution in [1.29, 1.82) is 0 Å². The maximum absolute atomic E-state index is 5.94. The molecule has 0 aliphatic heterocycles. The average molecular weight is 167 g/mol. The summed E-state index contributed by atoms with van der Waals surface area (Å²) in [6.45, 7) is 4.63. The lowest BCUT2D eigenvalue weighted by atomic mass is 9.86. The van der Waals surface area contributed by atoms with E-state index in [0.717, 1.165) is 11.8 Å². The van der Waals surface area contributed by atoms with Crippen LogP contribution in [0.1, 0.15) is 46.0 Å². The zero-order valence-corrected chi connectivity index (χ0v) is 8.34. The summed E-state index contributed by atoms with van der Waals surface area (Å²) in [6, 6.07) is 0.426. The zero-order chi connectivity index (χ0) is 8.77. The third-order valence-corrected chi connectivity index (χ3v) is 4.27. The molecule has 0 aromatic rings. The van der Waals surface area contributed by atoms with Gasteiger partial charge in [0.15, 0.2) is 0 Å². The summed E-state index contributed by atoms with van der Waals surface area (Å²) in [4.78, 5) is 0. The molecule has 70 valence electrons. The van der Waals surface area contributed by atoms with Gasteiger partial charge in [0.25, 0.3) is 0 Å². The van der Waals surface area contributed by atoms with Gasteiger partial charge in [-0.3, -0.25) is 0 Å². The van der Waals surface area contributed by atoms with E-state index >= 15 is 0 Å². The van der Waals surface area contributed by atoms with Gasteiger partial charge in [-0.15, -0.1) is 0 Å². The summed E-state index contributed by atoms with van der Waals surface area (Å²) >= 11 is 0. The molecule has 0 amide bonds. The summed E-state index contributed by atoms with van der Waals surface area (Å²) in [5.74, 6) is 1.84. The van der Waals surface area contributed by atoms with Crippen LogP contribution in [0, 0.1) is 17.3 Å². The van der Waals surface area contributed by atoms with Crippen molar-refractivity contribution in [2.24, 2.45) is 23.0 Å². The first-order chi connectivity index (χ1) is 5.64. The van der Waals surface area contributed by atoms with Crippen molar-refractivity contribution < 1.29 is 0 Å². The van der Waals surface area contributed by atoms with E-state index in [1.165, 1.54) is 32.1 Å². The molecule has 2 aliphatic rings. The summed E-state index contributed by atoms with van der Waals surface area (Å²) in [6.07, 6.45) is 7.27. The van der Waals surface area contributed by atoms with E-state index in [0.29, 0.717) is 11.5 Å². The highest BCUT2D eigenvalue weighted by Crippen LogP contribution is 2.62. The predicted molar refractivity (Wildman–Crippen MR) is 51.8 cm³/mol. The monoisotopic (exact) mass is 167 g/mol. The molecule has 0 bridgehead atoms. The van der Waals surface area contributed by atoms with Crippen molar-refractivity contribution in [3.8, 4) is 0 Å². The van der Waals surface area contributed by atoms with Crippen LogP contribution < -0.4 is 5.73 Å². The van der Waals surface area contributed by atoms with Crippen molar-refractivity contribution in [1.82, 2.24) is 0 Å². The zero-order valence-electron chi connectivity index (χ0n) is 8.34. The molecule has 2 aliphatic carbocycles. The van der Waals surface area contributed by atoms with Crippen molar-refractivity contribution in [2.45, 2.75) is 52.0 Å². The third kappa shape index (κ3) is 1.19. The molecule has 1 nitrogen and oxygen atoms in total. The molecular formula is C11H21N. The van der Waals surface area contributed by atoms with Crippen LogP contribution in [0.2, 0.25) is 0 Å². The predicted octanol–water partition coefficient (Wildman–Crippen LogP) is 2.55. The van der Waals surface area contributed by atoms with Crippen molar-refractivity contribution in [3.05, 3.63) is 0 Å². The highest BCUT2D eigenvalue weighted by Gasteiger charge is 2.56. The maximum atomic E-state index is 5.94. The minimum atomic E-state index is 0.426. The van der Waals surface area contributed by atoms with Gasteiger partial charge in [0, 0.05) is 6.04 Å². The summed E-state index contributed by atoms with van der Waals surface area (Å²) in [5.41, 5.74) is 6.58. The molecule has 2 saturated carbocycles. The van der Waals surface area contributed by atoms with Crippen LogP contribution >= 0.6 is 0 Å². The van der Waals surface area contributed by atoms with Crippen LogP contribution in [0.15, 0.2) is 0 Å². The lowest BCUT2D eigenvalue weighted by Crippen LogP contribution is -2.23. The van der Waals surface area contributed by atoms with Gasteiger partial charge in [-0.05, 0) is 43.4 Å². The standard InChI is InChI=1S/C11H21N/c1-8(12)10-7-11(10,2)9-5-3-4-6-9/h8-10H,3-7,12H2,1-2H3. The Morgan fingerprint density at radius 1 is 1.33 bits per heavy atom. The van der Waals surface area contributed by atoms with E-state index in [-0.39, 0.29) is 0 Å². The maximum Gasteiger partial charge on any atom is 0.00442 e. The topological polar surface area (TPSA) is 26.0 Å². The Bertz CT molecular complexity index is 170. The second kappa shape index (κ2) is 2.73. The van der Waals surface area contributed by atoms with Gasteiger partial charge < -0.3 is 5.73 Å². The fourth-order valence-electron chi connectivity index (χ4n) is 3.26. The van der Waals surface area contributed by atoms with Gasteiger partial charge in [0.05, 0.1) is 0 Å². The minimum absolute atomic E-state index is 0.426. The number of rotatable bonds is 2. The second-order valence-electron chi connectivity index (χ2n) is 5.16. The first kappa shape index (κ1) is 8.55. The van der Waals surface area contributed by atoms with Crippen LogP contribution in [-0.4, -0.2) is 6.04 Å². The smallest absolute Gasteiger partial charge is 0.00442 e. The number of nitrogens with two attached hydrogens (primary N) is 1. The normalized spacial score (nSPS) is 44.8. The lowest BCUT2D eigenvalue weighted by molar-refractivity contribution is 0.300. The average Bonchev–Trinajstić information content (AvgIpc) is 2.52. The van der Waals surface area contributed by atoms with Crippen molar-refractivity contribution >= 4 is 0 Å². The molecule has 0 heterocycles. The lowest BCUT2D eigenvalue weighted by Gasteiger charge is -2.20. The van der Waals surface area contributed by atoms with Crippen LogP contribution in [0.5, 0.6) is 0 Å². The molecule has 0 radical (unpaired) electrons. The highest BCUT2D eigenvalue weighted by atomic mass is 14.7. The van der Waals surface area contributed by atoms with Gasteiger partial charge >= 0.3 is 0 Å². The van der Waals surface area contributed by atoms with Gasteiger partial charge in [-0.25, -0.2) is 0 Å². The van der Waals surface area contributed by atoms with Gasteiger partial charge in [-0.2, -0.15) is 0 Å². The van der Waals surface area contributed by atoms with Crippen LogP contribution in [0.4, 0.5) is 0 Å². The third-order valence-electron chi connectivity index (χ3n) is 4.27. The summed E-state index contributed by atoms with van der Waals surface area (Å²) in [7, 11) is 0. The number of hydrogen-bond acceptors (Lipinski definition) is 1. The molecule has 0 aromatic carbocycles. The molecule has 3 unspecified atom stereocenters. The Hall–Kier alpha value is -0.0400. The van der Waals surface area contributed by atoms with E-state index in [1.807, 2.05) is 0 Å². The minimum Gasteiger partial charge on any atom is -0.328 e. The Morgan fingerprint density at radius 3 is 2.33 bits per heavy atom. The molecule has 1 heteroatoms. The molecular weight excluding hydrogens is 146 g/mol. The molecule has 0 spiro atoms. The van der Waals surface area contributed by atoms with Gasteiger partial charge in [-0.1, -0.05) is 19.8 Å². The van der Waals surface area contributed by atoms with E-state index < -0.39 is 0 Å². The molecule has 12 heavy (non-hydrogen) atoms. The summed E-state index contributed by atoms with van der Waals surface area (Å²) < 4.78 is 0. The first-order valence-electron chi connectivity index (χ1n) is 5.40. The van der Waals surface area contributed by atoms with E-state index in [4.69, 9.17) is 5.73 Å². The quantitative estimate of drug-likeness (QED) is 0.672. The van der Waals surface area contributed by atoms with Crippen molar-refractivity contribution in [2.75, 3.05) is 0 Å². The Balaban J connectivity index is 1.96. The van der Waals surface area contributed by atoms with Gasteiger partial charge in [0.1, 0.15) is 0 Å². The van der Waals surface area contributed by atoms with E-state index in [2.05, 4.69) is 13.8 Å². The number of hydrogen-bond donors (Lipinski definition) is 1. The SMILES string of the molecule is CC(N)C1CC1(C)C1CCCC1. The Morgan fingerprint density at radius 2 is 1.92 bits per heavy atom. The Kier molecular flexibility index (Phi) is 1.95.